The van der Waals surface area contributed by atoms with Crippen molar-refractivity contribution in [3.8, 4) is 5.75 Å². The van der Waals surface area contributed by atoms with Crippen molar-refractivity contribution < 1.29 is 23.0 Å². The molecule has 108 valence electrons. The Bertz CT molecular complexity index is 489. The predicted octanol–water partition coefficient (Wildman–Crippen LogP) is 0.325. The van der Waals surface area contributed by atoms with E-state index in [0.29, 0.717) is 5.75 Å². The van der Waals surface area contributed by atoms with Gasteiger partial charge in [-0.2, -0.15) is 4.31 Å². The fraction of sp³-hybridized carbons (Fsp3) is 0.500. The summed E-state index contributed by atoms with van der Waals surface area (Å²) >= 11 is 0. The van der Waals surface area contributed by atoms with Crippen LogP contribution in [0.5, 0.6) is 5.75 Å². The van der Waals surface area contributed by atoms with Crippen LogP contribution in [0, 0.1) is 0 Å². The first-order chi connectivity index (χ1) is 9.06. The molecular formula is C12H19NO5S. The molecule has 0 unspecified atom stereocenters. The molecule has 0 bridgehead atoms. The van der Waals surface area contributed by atoms with Gasteiger partial charge in [-0.1, -0.05) is 6.07 Å². The number of hydrogen-bond acceptors (Lipinski definition) is 5. The van der Waals surface area contributed by atoms with Gasteiger partial charge in [0.25, 0.3) is 0 Å². The first-order valence-corrected chi connectivity index (χ1v) is 7.24. The molecule has 7 heteroatoms. The van der Waals surface area contributed by atoms with Gasteiger partial charge in [-0.3, -0.25) is 0 Å². The van der Waals surface area contributed by atoms with E-state index in [0.717, 1.165) is 0 Å². The van der Waals surface area contributed by atoms with Gasteiger partial charge in [0, 0.05) is 26.3 Å². The Labute approximate surface area is 113 Å². The van der Waals surface area contributed by atoms with Gasteiger partial charge in [0.2, 0.25) is 10.0 Å². The van der Waals surface area contributed by atoms with E-state index in [4.69, 9.17) is 14.6 Å². The second-order valence-electron chi connectivity index (χ2n) is 3.80. The van der Waals surface area contributed by atoms with Crippen LogP contribution in [0.4, 0.5) is 0 Å². The highest BCUT2D eigenvalue weighted by Crippen LogP contribution is 2.20. The molecule has 0 aromatic heterocycles. The monoisotopic (exact) mass is 289 g/mol. The Balaban J connectivity index is 3.03. The number of rotatable bonds is 8. The largest absolute Gasteiger partial charge is 0.497 e. The highest BCUT2D eigenvalue weighted by Gasteiger charge is 2.24. The van der Waals surface area contributed by atoms with Crippen LogP contribution in [0.1, 0.15) is 0 Å². The Morgan fingerprint density at radius 1 is 1.26 bits per heavy atom. The second-order valence-corrected chi connectivity index (χ2v) is 5.74. The summed E-state index contributed by atoms with van der Waals surface area (Å²) in [6.07, 6.45) is 0. The van der Waals surface area contributed by atoms with Crippen molar-refractivity contribution in [1.29, 1.82) is 0 Å². The van der Waals surface area contributed by atoms with Gasteiger partial charge >= 0.3 is 0 Å². The summed E-state index contributed by atoms with van der Waals surface area (Å²) in [6.45, 7) is 0.246. The normalized spacial score (nSPS) is 11.8. The molecule has 0 spiro atoms. The van der Waals surface area contributed by atoms with Crippen molar-refractivity contribution >= 4 is 10.0 Å². The maximum absolute atomic E-state index is 12.4. The lowest BCUT2D eigenvalue weighted by molar-refractivity contribution is 0.168. The molecular weight excluding hydrogens is 270 g/mol. The minimum Gasteiger partial charge on any atom is -0.497 e. The van der Waals surface area contributed by atoms with Crippen molar-refractivity contribution in [3.63, 3.8) is 0 Å². The fourth-order valence-electron chi connectivity index (χ4n) is 1.57. The third kappa shape index (κ3) is 4.17. The molecule has 1 aromatic rings. The zero-order valence-electron chi connectivity index (χ0n) is 11.1. The van der Waals surface area contributed by atoms with E-state index in [1.807, 2.05) is 0 Å². The van der Waals surface area contributed by atoms with E-state index in [2.05, 4.69) is 0 Å². The average molecular weight is 289 g/mol. The van der Waals surface area contributed by atoms with E-state index in [9.17, 15) is 8.42 Å². The molecule has 19 heavy (non-hydrogen) atoms. The van der Waals surface area contributed by atoms with Gasteiger partial charge in [0.05, 0.1) is 25.2 Å². The summed E-state index contributed by atoms with van der Waals surface area (Å²) in [5.41, 5.74) is 0. The van der Waals surface area contributed by atoms with Crippen molar-refractivity contribution in [1.82, 2.24) is 4.31 Å². The van der Waals surface area contributed by atoms with E-state index < -0.39 is 10.0 Å². The number of sulfonamides is 1. The third-order valence-corrected chi connectivity index (χ3v) is 4.47. The van der Waals surface area contributed by atoms with Crippen LogP contribution in [0.2, 0.25) is 0 Å². The van der Waals surface area contributed by atoms with E-state index in [1.165, 1.54) is 30.7 Å². The van der Waals surface area contributed by atoms with E-state index in [-0.39, 0.29) is 31.2 Å². The molecule has 0 amide bonds. The van der Waals surface area contributed by atoms with Crippen molar-refractivity contribution in [2.45, 2.75) is 4.90 Å². The van der Waals surface area contributed by atoms with Crippen LogP contribution < -0.4 is 4.74 Å². The molecule has 1 rings (SSSR count). The summed E-state index contributed by atoms with van der Waals surface area (Å²) in [5, 5.41) is 8.98. The number of methoxy groups -OCH3 is 2. The molecule has 1 aromatic carbocycles. The minimum atomic E-state index is -3.65. The van der Waals surface area contributed by atoms with Crippen LogP contribution in [-0.2, 0) is 14.8 Å². The molecule has 0 atom stereocenters. The molecule has 6 nitrogen and oxygen atoms in total. The van der Waals surface area contributed by atoms with Crippen LogP contribution in [0.25, 0.3) is 0 Å². The number of ether oxygens (including phenoxy) is 2. The number of benzene rings is 1. The molecule has 1 N–H and O–H groups in total. The molecule has 0 aliphatic rings. The fourth-order valence-corrected chi connectivity index (χ4v) is 3.02. The Morgan fingerprint density at radius 3 is 2.58 bits per heavy atom. The summed E-state index contributed by atoms with van der Waals surface area (Å²) in [6, 6.07) is 6.23. The topological polar surface area (TPSA) is 76.1 Å². The smallest absolute Gasteiger partial charge is 0.243 e. The molecule has 0 saturated heterocycles. The lowest BCUT2D eigenvalue weighted by Crippen LogP contribution is -2.36. The number of nitrogens with zero attached hydrogens (tertiary/aromatic N) is 1. The van der Waals surface area contributed by atoms with Crippen molar-refractivity contribution in [2.75, 3.05) is 40.5 Å². The molecule has 0 aliphatic carbocycles. The lowest BCUT2D eigenvalue weighted by atomic mass is 10.3. The van der Waals surface area contributed by atoms with Gasteiger partial charge in [0.15, 0.2) is 0 Å². The summed E-state index contributed by atoms with van der Waals surface area (Å²) < 4.78 is 35.9. The van der Waals surface area contributed by atoms with Crippen LogP contribution in [0.3, 0.4) is 0 Å². The van der Waals surface area contributed by atoms with Crippen LogP contribution in [0.15, 0.2) is 29.2 Å². The zero-order chi connectivity index (χ0) is 14.3. The van der Waals surface area contributed by atoms with Crippen LogP contribution in [-0.4, -0.2) is 58.4 Å². The average Bonchev–Trinajstić information content (AvgIpc) is 2.43. The zero-order valence-corrected chi connectivity index (χ0v) is 11.9. The minimum absolute atomic E-state index is 0.0307. The SMILES string of the molecule is COCCN(CCO)S(=O)(=O)c1cccc(OC)c1. The maximum Gasteiger partial charge on any atom is 0.243 e. The Kier molecular flexibility index (Phi) is 6.23. The second kappa shape index (κ2) is 7.44. The van der Waals surface area contributed by atoms with Gasteiger partial charge in [-0.05, 0) is 12.1 Å². The quantitative estimate of drug-likeness (QED) is 0.746. The summed E-state index contributed by atoms with van der Waals surface area (Å²) in [4.78, 5) is 0.136. The number of aliphatic hydroxyl groups excluding tert-OH is 1. The van der Waals surface area contributed by atoms with E-state index in [1.54, 1.807) is 12.1 Å². The number of aliphatic hydroxyl groups is 1. The molecule has 0 fully saturated rings. The van der Waals surface area contributed by atoms with Crippen molar-refractivity contribution in [2.24, 2.45) is 0 Å². The highest BCUT2D eigenvalue weighted by molar-refractivity contribution is 7.89. The van der Waals surface area contributed by atoms with Gasteiger partial charge in [-0.25, -0.2) is 8.42 Å². The van der Waals surface area contributed by atoms with Crippen molar-refractivity contribution in [3.05, 3.63) is 24.3 Å². The summed E-state index contributed by atoms with van der Waals surface area (Å²) in [7, 11) is -0.685. The third-order valence-electron chi connectivity index (χ3n) is 2.57. The molecule has 0 saturated carbocycles. The van der Waals surface area contributed by atoms with E-state index >= 15 is 0 Å². The summed E-state index contributed by atoms with van der Waals surface area (Å²) in [5.74, 6) is 0.469. The standard InChI is InChI=1S/C12H19NO5S/c1-17-9-7-13(6-8-14)19(15,16)12-5-3-4-11(10-12)18-2/h3-5,10,14H,6-9H2,1-2H3. The van der Waals surface area contributed by atoms with Crippen LogP contribution >= 0.6 is 0 Å². The number of hydrogen-bond donors (Lipinski definition) is 1. The maximum atomic E-state index is 12.4. The Hall–Kier alpha value is -1.15. The van der Waals surface area contributed by atoms with Gasteiger partial charge in [-0.15, -0.1) is 0 Å². The van der Waals surface area contributed by atoms with Gasteiger partial charge < -0.3 is 14.6 Å². The predicted molar refractivity (Wildman–Crippen MR) is 70.7 cm³/mol. The Morgan fingerprint density at radius 2 is 2.00 bits per heavy atom. The first-order valence-electron chi connectivity index (χ1n) is 5.80. The molecule has 0 radical (unpaired) electrons. The van der Waals surface area contributed by atoms with Gasteiger partial charge in [0.1, 0.15) is 5.75 Å². The molecule has 0 heterocycles. The first kappa shape index (κ1) is 15.9. The highest BCUT2D eigenvalue weighted by atomic mass is 32.2. The lowest BCUT2D eigenvalue weighted by Gasteiger charge is -2.21. The molecule has 0 aliphatic heterocycles.